The fourth-order valence-corrected chi connectivity index (χ4v) is 2.51. The second-order valence-corrected chi connectivity index (χ2v) is 5.48. The van der Waals surface area contributed by atoms with Crippen molar-refractivity contribution in [2.45, 2.75) is 13.0 Å². The van der Waals surface area contributed by atoms with E-state index >= 15 is 0 Å². The molecule has 0 aliphatic carbocycles. The summed E-state index contributed by atoms with van der Waals surface area (Å²) in [6, 6.07) is 13.2. The summed E-state index contributed by atoms with van der Waals surface area (Å²) in [6.45, 7) is 2.63. The Balaban J connectivity index is 1.81. The van der Waals surface area contributed by atoms with E-state index in [-0.39, 0.29) is 18.7 Å². The maximum atomic E-state index is 12.3. The predicted octanol–water partition coefficient (Wildman–Crippen LogP) is 2.85. The number of fused-ring (bicyclic) bond motifs is 1. The summed E-state index contributed by atoms with van der Waals surface area (Å²) in [6.07, 6.45) is 0. The smallest absolute Gasteiger partial charge is 0.251 e. The second-order valence-electron chi connectivity index (χ2n) is 5.48. The number of hydrogen-bond acceptors (Lipinski definition) is 4. The molecule has 0 fully saturated rings. The standard InChI is InChI=1S/C18H19NO4/c1-12(10-21-2)19-18(20)15-5-3-4-13(8-15)14-6-7-16-17(9-14)23-11-22-16/h3-9,12H,10-11H2,1-2H3,(H,19,20)/t12-/m1/s1. The lowest BCUT2D eigenvalue weighted by atomic mass is 10.0. The first kappa shape index (κ1) is 15.4. The van der Waals surface area contributed by atoms with E-state index in [4.69, 9.17) is 14.2 Å². The van der Waals surface area contributed by atoms with Gasteiger partial charge >= 0.3 is 0 Å². The van der Waals surface area contributed by atoms with Crippen molar-refractivity contribution in [1.29, 1.82) is 0 Å². The lowest BCUT2D eigenvalue weighted by molar-refractivity contribution is 0.0905. The topological polar surface area (TPSA) is 56.8 Å². The summed E-state index contributed by atoms with van der Waals surface area (Å²) in [7, 11) is 1.61. The molecular weight excluding hydrogens is 294 g/mol. The number of rotatable bonds is 5. The van der Waals surface area contributed by atoms with Crippen LogP contribution in [-0.2, 0) is 4.74 Å². The molecule has 1 aliphatic heterocycles. The molecule has 1 aliphatic rings. The van der Waals surface area contributed by atoms with Crippen molar-refractivity contribution in [2.24, 2.45) is 0 Å². The first-order chi connectivity index (χ1) is 11.2. The largest absolute Gasteiger partial charge is 0.454 e. The van der Waals surface area contributed by atoms with Crippen LogP contribution in [0.25, 0.3) is 11.1 Å². The molecule has 0 saturated heterocycles. The van der Waals surface area contributed by atoms with Crippen LogP contribution in [0, 0.1) is 0 Å². The van der Waals surface area contributed by atoms with Crippen LogP contribution in [0.15, 0.2) is 42.5 Å². The van der Waals surface area contributed by atoms with Crippen LogP contribution in [0.3, 0.4) is 0 Å². The summed E-state index contributed by atoms with van der Waals surface area (Å²) in [5, 5.41) is 2.91. The minimum absolute atomic E-state index is 0.0401. The Hall–Kier alpha value is -2.53. The molecule has 1 atom stereocenters. The lowest BCUT2D eigenvalue weighted by Crippen LogP contribution is -2.35. The van der Waals surface area contributed by atoms with Crippen molar-refractivity contribution in [3.05, 3.63) is 48.0 Å². The van der Waals surface area contributed by atoms with E-state index in [1.165, 1.54) is 0 Å². The van der Waals surface area contributed by atoms with Gasteiger partial charge in [-0.1, -0.05) is 18.2 Å². The maximum absolute atomic E-state index is 12.3. The average Bonchev–Trinajstić information content (AvgIpc) is 3.02. The number of ether oxygens (including phenoxy) is 3. The molecule has 0 aromatic heterocycles. The molecule has 1 amide bonds. The molecule has 0 spiro atoms. The van der Waals surface area contributed by atoms with Crippen LogP contribution in [0.5, 0.6) is 11.5 Å². The fourth-order valence-electron chi connectivity index (χ4n) is 2.51. The van der Waals surface area contributed by atoms with Gasteiger partial charge in [-0.3, -0.25) is 4.79 Å². The predicted molar refractivity (Wildman–Crippen MR) is 86.8 cm³/mol. The molecule has 23 heavy (non-hydrogen) atoms. The van der Waals surface area contributed by atoms with Gasteiger partial charge in [0.05, 0.1) is 6.61 Å². The minimum atomic E-state index is -0.114. The van der Waals surface area contributed by atoms with Gasteiger partial charge in [0.2, 0.25) is 6.79 Å². The number of carbonyl (C=O) groups is 1. The van der Waals surface area contributed by atoms with Crippen molar-refractivity contribution >= 4 is 5.91 Å². The first-order valence-corrected chi connectivity index (χ1v) is 7.47. The Labute approximate surface area is 135 Å². The second kappa shape index (κ2) is 6.71. The summed E-state index contributed by atoms with van der Waals surface area (Å²) < 4.78 is 15.8. The van der Waals surface area contributed by atoms with E-state index in [9.17, 15) is 4.79 Å². The van der Waals surface area contributed by atoms with Gasteiger partial charge in [0.1, 0.15) is 0 Å². The van der Waals surface area contributed by atoms with Crippen LogP contribution in [-0.4, -0.2) is 32.5 Å². The Morgan fingerprint density at radius 2 is 1.96 bits per heavy atom. The molecule has 5 heteroatoms. The molecule has 120 valence electrons. The van der Waals surface area contributed by atoms with E-state index in [0.29, 0.717) is 12.2 Å². The van der Waals surface area contributed by atoms with Gasteiger partial charge in [0.25, 0.3) is 5.91 Å². The molecule has 0 saturated carbocycles. The summed E-state index contributed by atoms with van der Waals surface area (Å²) in [4.78, 5) is 12.3. The molecule has 2 aromatic carbocycles. The lowest BCUT2D eigenvalue weighted by Gasteiger charge is -2.13. The minimum Gasteiger partial charge on any atom is -0.454 e. The zero-order chi connectivity index (χ0) is 16.2. The molecule has 5 nitrogen and oxygen atoms in total. The van der Waals surface area contributed by atoms with Crippen molar-refractivity contribution in [3.63, 3.8) is 0 Å². The maximum Gasteiger partial charge on any atom is 0.251 e. The van der Waals surface area contributed by atoms with Crippen molar-refractivity contribution in [3.8, 4) is 22.6 Å². The number of carbonyl (C=O) groups excluding carboxylic acids is 1. The highest BCUT2D eigenvalue weighted by atomic mass is 16.7. The number of benzene rings is 2. The highest BCUT2D eigenvalue weighted by molar-refractivity contribution is 5.95. The Morgan fingerprint density at radius 1 is 1.17 bits per heavy atom. The van der Waals surface area contributed by atoms with Crippen LogP contribution >= 0.6 is 0 Å². The highest BCUT2D eigenvalue weighted by Gasteiger charge is 2.15. The van der Waals surface area contributed by atoms with Crippen LogP contribution < -0.4 is 14.8 Å². The molecule has 0 bridgehead atoms. The normalized spacial score (nSPS) is 13.7. The van der Waals surface area contributed by atoms with E-state index in [1.54, 1.807) is 13.2 Å². The summed E-state index contributed by atoms with van der Waals surface area (Å²) >= 11 is 0. The molecule has 3 rings (SSSR count). The molecule has 0 radical (unpaired) electrons. The third kappa shape index (κ3) is 3.46. The van der Waals surface area contributed by atoms with Crippen molar-refractivity contribution in [1.82, 2.24) is 5.32 Å². The number of hydrogen-bond donors (Lipinski definition) is 1. The molecule has 1 heterocycles. The Kier molecular flexibility index (Phi) is 4.48. The quantitative estimate of drug-likeness (QED) is 0.922. The van der Waals surface area contributed by atoms with Crippen LogP contribution in [0.2, 0.25) is 0 Å². The Morgan fingerprint density at radius 3 is 2.78 bits per heavy atom. The van der Waals surface area contributed by atoms with E-state index < -0.39 is 0 Å². The van der Waals surface area contributed by atoms with Gasteiger partial charge in [-0.25, -0.2) is 0 Å². The van der Waals surface area contributed by atoms with Gasteiger partial charge in [-0.15, -0.1) is 0 Å². The number of methoxy groups -OCH3 is 1. The average molecular weight is 313 g/mol. The van der Waals surface area contributed by atoms with Gasteiger partial charge in [-0.05, 0) is 42.3 Å². The molecule has 1 N–H and O–H groups in total. The molecular formula is C18H19NO4. The van der Waals surface area contributed by atoms with Crippen LogP contribution in [0.4, 0.5) is 0 Å². The van der Waals surface area contributed by atoms with Gasteiger partial charge in [-0.2, -0.15) is 0 Å². The fraction of sp³-hybridized carbons (Fsp3) is 0.278. The Bertz CT molecular complexity index is 714. The number of nitrogens with one attached hydrogen (secondary N) is 1. The van der Waals surface area contributed by atoms with Gasteiger partial charge < -0.3 is 19.5 Å². The first-order valence-electron chi connectivity index (χ1n) is 7.47. The summed E-state index contributed by atoms with van der Waals surface area (Å²) in [5.41, 5.74) is 2.55. The molecule has 2 aromatic rings. The SMILES string of the molecule is COC[C@@H](C)NC(=O)c1cccc(-c2ccc3c(c2)OCO3)c1. The van der Waals surface area contributed by atoms with Crippen molar-refractivity contribution < 1.29 is 19.0 Å². The zero-order valence-electron chi connectivity index (χ0n) is 13.2. The number of amides is 1. The van der Waals surface area contributed by atoms with E-state index in [0.717, 1.165) is 22.6 Å². The summed E-state index contributed by atoms with van der Waals surface area (Å²) in [5.74, 6) is 1.36. The third-order valence-electron chi connectivity index (χ3n) is 3.62. The molecule has 0 unspecified atom stereocenters. The van der Waals surface area contributed by atoms with Crippen molar-refractivity contribution in [2.75, 3.05) is 20.5 Å². The third-order valence-corrected chi connectivity index (χ3v) is 3.62. The monoisotopic (exact) mass is 313 g/mol. The highest BCUT2D eigenvalue weighted by Crippen LogP contribution is 2.35. The van der Waals surface area contributed by atoms with E-state index in [1.807, 2.05) is 43.3 Å². The zero-order valence-corrected chi connectivity index (χ0v) is 13.2. The van der Waals surface area contributed by atoms with E-state index in [2.05, 4.69) is 5.32 Å². The van der Waals surface area contributed by atoms with Crippen LogP contribution in [0.1, 0.15) is 17.3 Å². The van der Waals surface area contributed by atoms with Gasteiger partial charge in [0, 0.05) is 18.7 Å². The van der Waals surface area contributed by atoms with Gasteiger partial charge in [0.15, 0.2) is 11.5 Å².